The van der Waals surface area contributed by atoms with Crippen molar-refractivity contribution in [3.63, 3.8) is 0 Å². The molecule has 24 heavy (non-hydrogen) atoms. The van der Waals surface area contributed by atoms with Crippen LogP contribution in [0.4, 0.5) is 11.4 Å². The summed E-state index contributed by atoms with van der Waals surface area (Å²) in [5.74, 6) is 0.394. The van der Waals surface area contributed by atoms with Crippen LogP contribution in [0.3, 0.4) is 0 Å². The molecule has 1 N–H and O–H groups in total. The van der Waals surface area contributed by atoms with Crippen LogP contribution in [0.25, 0.3) is 6.08 Å². The highest BCUT2D eigenvalue weighted by atomic mass is 16.5. The predicted molar refractivity (Wildman–Crippen MR) is 93.1 cm³/mol. The molecule has 2 heterocycles. The molecule has 0 atom stereocenters. The summed E-state index contributed by atoms with van der Waals surface area (Å²) in [5.41, 5.74) is 3.45. The first-order valence-electron chi connectivity index (χ1n) is 7.98. The lowest BCUT2D eigenvalue weighted by Crippen LogP contribution is -2.36. The highest BCUT2D eigenvalue weighted by molar-refractivity contribution is 6.02. The van der Waals surface area contributed by atoms with Crippen molar-refractivity contribution in [1.82, 2.24) is 5.16 Å². The topological polar surface area (TPSA) is 67.6 Å². The molecule has 2 aromatic rings. The summed E-state index contributed by atoms with van der Waals surface area (Å²) in [4.78, 5) is 14.3. The summed E-state index contributed by atoms with van der Waals surface area (Å²) in [5, 5.41) is 6.60. The average molecular weight is 327 g/mol. The van der Waals surface area contributed by atoms with Crippen molar-refractivity contribution in [3.8, 4) is 0 Å². The van der Waals surface area contributed by atoms with Crippen molar-refractivity contribution in [2.75, 3.05) is 36.5 Å². The van der Waals surface area contributed by atoms with E-state index in [9.17, 15) is 4.79 Å². The molecule has 1 fully saturated rings. The number of carbonyl (C=O) groups excluding carboxylic acids is 1. The third-order valence-electron chi connectivity index (χ3n) is 3.98. The molecule has 1 aliphatic rings. The lowest BCUT2D eigenvalue weighted by molar-refractivity contribution is -0.111. The zero-order valence-electron chi connectivity index (χ0n) is 13.9. The number of hydrogen-bond donors (Lipinski definition) is 1. The molecule has 0 radical (unpaired) electrons. The zero-order valence-corrected chi connectivity index (χ0v) is 13.9. The standard InChI is InChI=1S/C18H21N3O3/c1-13-18(14(2)24-20-13)19-17(22)8-5-15-3-6-16(7-4-15)21-9-11-23-12-10-21/h3-8H,9-12H2,1-2H3,(H,19,22). The number of benzene rings is 1. The quantitative estimate of drug-likeness (QED) is 0.875. The highest BCUT2D eigenvalue weighted by Crippen LogP contribution is 2.19. The monoisotopic (exact) mass is 327 g/mol. The van der Waals surface area contributed by atoms with E-state index in [-0.39, 0.29) is 5.91 Å². The Bertz CT molecular complexity index is 709. The van der Waals surface area contributed by atoms with E-state index in [4.69, 9.17) is 9.26 Å². The second-order valence-corrected chi connectivity index (χ2v) is 5.71. The Kier molecular flexibility index (Phi) is 4.96. The molecule has 1 amide bonds. The first kappa shape index (κ1) is 16.3. The van der Waals surface area contributed by atoms with Crippen molar-refractivity contribution in [2.45, 2.75) is 13.8 Å². The van der Waals surface area contributed by atoms with Crippen molar-refractivity contribution in [1.29, 1.82) is 0 Å². The maximum absolute atomic E-state index is 12.0. The van der Waals surface area contributed by atoms with Gasteiger partial charge in [0, 0.05) is 24.9 Å². The summed E-state index contributed by atoms with van der Waals surface area (Å²) in [7, 11) is 0. The Morgan fingerprint density at radius 3 is 2.54 bits per heavy atom. The van der Waals surface area contributed by atoms with Gasteiger partial charge in [0.15, 0.2) is 5.76 Å². The SMILES string of the molecule is Cc1noc(C)c1NC(=O)C=Cc1ccc(N2CCOCC2)cc1. The van der Waals surface area contributed by atoms with E-state index < -0.39 is 0 Å². The molecule has 126 valence electrons. The Balaban J connectivity index is 1.60. The van der Waals surface area contributed by atoms with Gasteiger partial charge in [0.05, 0.1) is 13.2 Å². The summed E-state index contributed by atoms with van der Waals surface area (Å²) in [6.45, 7) is 6.92. The molecule has 0 saturated carbocycles. The van der Waals surface area contributed by atoms with E-state index in [1.165, 1.54) is 11.8 Å². The number of aryl methyl sites for hydroxylation is 2. The van der Waals surface area contributed by atoms with Crippen molar-refractivity contribution in [3.05, 3.63) is 47.4 Å². The van der Waals surface area contributed by atoms with Gasteiger partial charge in [-0.2, -0.15) is 0 Å². The number of amides is 1. The number of hydrogen-bond acceptors (Lipinski definition) is 5. The van der Waals surface area contributed by atoms with Crippen LogP contribution < -0.4 is 10.2 Å². The van der Waals surface area contributed by atoms with Gasteiger partial charge in [-0.15, -0.1) is 0 Å². The molecule has 0 aliphatic carbocycles. The van der Waals surface area contributed by atoms with Crippen LogP contribution >= 0.6 is 0 Å². The summed E-state index contributed by atoms with van der Waals surface area (Å²) in [6, 6.07) is 8.14. The second-order valence-electron chi connectivity index (χ2n) is 5.71. The molecule has 1 aliphatic heterocycles. The van der Waals surface area contributed by atoms with Crippen LogP contribution in [0.1, 0.15) is 17.0 Å². The molecule has 0 unspecified atom stereocenters. The highest BCUT2D eigenvalue weighted by Gasteiger charge is 2.11. The minimum Gasteiger partial charge on any atom is -0.378 e. The van der Waals surface area contributed by atoms with Crippen LogP contribution in [0.5, 0.6) is 0 Å². The first-order valence-corrected chi connectivity index (χ1v) is 7.98. The number of rotatable bonds is 4. The maximum atomic E-state index is 12.0. The molecule has 0 bridgehead atoms. The van der Waals surface area contributed by atoms with Gasteiger partial charge in [-0.3, -0.25) is 4.79 Å². The van der Waals surface area contributed by atoms with Gasteiger partial charge in [0.2, 0.25) is 5.91 Å². The van der Waals surface area contributed by atoms with E-state index in [2.05, 4.69) is 27.5 Å². The molecule has 6 heteroatoms. The lowest BCUT2D eigenvalue weighted by atomic mass is 10.1. The lowest BCUT2D eigenvalue weighted by Gasteiger charge is -2.28. The first-order chi connectivity index (χ1) is 11.6. The zero-order chi connectivity index (χ0) is 16.9. The van der Waals surface area contributed by atoms with Crippen molar-refractivity contribution in [2.24, 2.45) is 0 Å². The average Bonchev–Trinajstić information content (AvgIpc) is 2.93. The number of nitrogens with one attached hydrogen (secondary N) is 1. The Morgan fingerprint density at radius 1 is 1.21 bits per heavy atom. The molecular weight excluding hydrogens is 306 g/mol. The van der Waals surface area contributed by atoms with Gasteiger partial charge in [-0.25, -0.2) is 0 Å². The van der Waals surface area contributed by atoms with Gasteiger partial charge in [0.25, 0.3) is 0 Å². The fourth-order valence-electron chi connectivity index (χ4n) is 2.62. The third-order valence-corrected chi connectivity index (χ3v) is 3.98. The largest absolute Gasteiger partial charge is 0.378 e. The van der Waals surface area contributed by atoms with Gasteiger partial charge >= 0.3 is 0 Å². The van der Waals surface area contributed by atoms with Crippen LogP contribution in [-0.2, 0) is 9.53 Å². The Labute approximate surface area is 141 Å². The van der Waals surface area contributed by atoms with Crippen molar-refractivity contribution >= 4 is 23.4 Å². The molecular formula is C18H21N3O3. The molecule has 1 saturated heterocycles. The van der Waals surface area contributed by atoms with Gasteiger partial charge in [-0.05, 0) is 37.6 Å². The fourth-order valence-corrected chi connectivity index (χ4v) is 2.62. The van der Waals surface area contributed by atoms with E-state index in [0.717, 1.165) is 31.9 Å². The molecule has 6 nitrogen and oxygen atoms in total. The maximum Gasteiger partial charge on any atom is 0.248 e. The molecule has 3 rings (SSSR count). The number of aromatic nitrogens is 1. The van der Waals surface area contributed by atoms with Crippen LogP contribution in [0.2, 0.25) is 0 Å². The number of ether oxygens (including phenoxy) is 1. The molecule has 1 aromatic carbocycles. The van der Waals surface area contributed by atoms with E-state index in [1.54, 1.807) is 19.9 Å². The van der Waals surface area contributed by atoms with Gasteiger partial charge in [0.1, 0.15) is 11.4 Å². The van der Waals surface area contributed by atoms with Crippen LogP contribution in [0, 0.1) is 13.8 Å². The normalized spacial score (nSPS) is 15.0. The smallest absolute Gasteiger partial charge is 0.248 e. The molecule has 0 spiro atoms. The predicted octanol–water partition coefficient (Wildman–Crippen LogP) is 2.78. The van der Waals surface area contributed by atoms with Crippen molar-refractivity contribution < 1.29 is 14.1 Å². The van der Waals surface area contributed by atoms with Crippen LogP contribution in [-0.4, -0.2) is 37.4 Å². The van der Waals surface area contributed by atoms with E-state index >= 15 is 0 Å². The number of nitrogens with zero attached hydrogens (tertiary/aromatic N) is 2. The minimum absolute atomic E-state index is 0.207. The van der Waals surface area contributed by atoms with Gasteiger partial charge < -0.3 is 19.5 Å². The number of morpholine rings is 1. The third kappa shape index (κ3) is 3.83. The number of anilines is 2. The summed E-state index contributed by atoms with van der Waals surface area (Å²) < 4.78 is 10.4. The number of carbonyl (C=O) groups is 1. The van der Waals surface area contributed by atoms with Crippen LogP contribution in [0.15, 0.2) is 34.9 Å². The van der Waals surface area contributed by atoms with E-state index in [1.807, 2.05) is 12.1 Å². The fraction of sp³-hybridized carbons (Fsp3) is 0.333. The second kappa shape index (κ2) is 7.31. The van der Waals surface area contributed by atoms with Gasteiger partial charge in [-0.1, -0.05) is 17.3 Å². The summed E-state index contributed by atoms with van der Waals surface area (Å²) in [6.07, 6.45) is 3.30. The summed E-state index contributed by atoms with van der Waals surface area (Å²) >= 11 is 0. The Morgan fingerprint density at radius 2 is 1.92 bits per heavy atom. The minimum atomic E-state index is -0.207. The molecule has 1 aromatic heterocycles. The van der Waals surface area contributed by atoms with E-state index in [0.29, 0.717) is 17.1 Å². The Hall–Kier alpha value is -2.60.